The standard InChI is InChI=1S/C10H22N2O2/c1-4-5-10(8-14-3)12-7-6-11-9(2)13/h10,12H,4-8H2,1-3H3,(H,11,13). The highest BCUT2D eigenvalue weighted by atomic mass is 16.5. The molecule has 0 aliphatic rings. The van der Waals surface area contributed by atoms with Crippen molar-refractivity contribution in [2.24, 2.45) is 0 Å². The topological polar surface area (TPSA) is 50.4 Å². The number of ether oxygens (including phenoxy) is 1. The van der Waals surface area contributed by atoms with Gasteiger partial charge in [0, 0.05) is 33.2 Å². The fourth-order valence-corrected chi connectivity index (χ4v) is 1.31. The first kappa shape index (κ1) is 13.4. The van der Waals surface area contributed by atoms with Gasteiger partial charge in [0.15, 0.2) is 0 Å². The van der Waals surface area contributed by atoms with Crippen molar-refractivity contribution < 1.29 is 9.53 Å². The van der Waals surface area contributed by atoms with E-state index < -0.39 is 0 Å². The highest BCUT2D eigenvalue weighted by molar-refractivity contribution is 5.72. The van der Waals surface area contributed by atoms with Crippen LogP contribution in [0.15, 0.2) is 0 Å². The van der Waals surface area contributed by atoms with Crippen molar-refractivity contribution in [3.8, 4) is 0 Å². The molecule has 1 unspecified atom stereocenters. The van der Waals surface area contributed by atoms with E-state index in [4.69, 9.17) is 4.74 Å². The average molecular weight is 202 g/mol. The maximum absolute atomic E-state index is 10.6. The normalized spacial score (nSPS) is 12.5. The van der Waals surface area contributed by atoms with Crippen molar-refractivity contribution in [2.45, 2.75) is 32.7 Å². The van der Waals surface area contributed by atoms with Gasteiger partial charge in [-0.05, 0) is 6.42 Å². The van der Waals surface area contributed by atoms with E-state index in [9.17, 15) is 4.79 Å². The zero-order valence-electron chi connectivity index (χ0n) is 9.43. The lowest BCUT2D eigenvalue weighted by Crippen LogP contribution is -2.38. The van der Waals surface area contributed by atoms with Crippen LogP contribution < -0.4 is 10.6 Å². The van der Waals surface area contributed by atoms with Crippen molar-refractivity contribution >= 4 is 5.91 Å². The lowest BCUT2D eigenvalue weighted by Gasteiger charge is -2.16. The molecule has 4 nitrogen and oxygen atoms in total. The fourth-order valence-electron chi connectivity index (χ4n) is 1.31. The first-order chi connectivity index (χ1) is 6.70. The molecule has 0 radical (unpaired) electrons. The summed E-state index contributed by atoms with van der Waals surface area (Å²) in [5.41, 5.74) is 0. The SMILES string of the molecule is CCCC(COC)NCCNC(C)=O. The Morgan fingerprint density at radius 1 is 1.43 bits per heavy atom. The van der Waals surface area contributed by atoms with Crippen molar-refractivity contribution in [2.75, 3.05) is 26.8 Å². The number of carbonyl (C=O) groups excluding carboxylic acids is 1. The third kappa shape index (κ3) is 8.01. The molecule has 0 saturated carbocycles. The van der Waals surface area contributed by atoms with Crippen LogP contribution in [0.2, 0.25) is 0 Å². The summed E-state index contributed by atoms with van der Waals surface area (Å²) in [7, 11) is 1.71. The molecule has 0 rings (SSSR count). The number of methoxy groups -OCH3 is 1. The van der Waals surface area contributed by atoms with E-state index in [1.54, 1.807) is 7.11 Å². The molecule has 14 heavy (non-hydrogen) atoms. The predicted octanol–water partition coefficient (Wildman–Crippen LogP) is 0.527. The van der Waals surface area contributed by atoms with Gasteiger partial charge in [0.25, 0.3) is 0 Å². The van der Waals surface area contributed by atoms with Crippen molar-refractivity contribution in [1.29, 1.82) is 0 Å². The number of amides is 1. The van der Waals surface area contributed by atoms with Crippen LogP contribution in [0.5, 0.6) is 0 Å². The smallest absolute Gasteiger partial charge is 0.216 e. The van der Waals surface area contributed by atoms with Gasteiger partial charge in [-0.15, -0.1) is 0 Å². The molecule has 0 saturated heterocycles. The quantitative estimate of drug-likeness (QED) is 0.564. The molecule has 0 aromatic rings. The van der Waals surface area contributed by atoms with Gasteiger partial charge in [-0.1, -0.05) is 13.3 Å². The summed E-state index contributed by atoms with van der Waals surface area (Å²) in [6.45, 7) is 5.89. The third-order valence-corrected chi connectivity index (χ3v) is 1.94. The van der Waals surface area contributed by atoms with E-state index in [2.05, 4.69) is 17.6 Å². The number of hydrogen-bond acceptors (Lipinski definition) is 3. The molecule has 0 spiro atoms. The Hall–Kier alpha value is -0.610. The predicted molar refractivity (Wildman–Crippen MR) is 57.3 cm³/mol. The van der Waals surface area contributed by atoms with Crippen molar-refractivity contribution in [3.05, 3.63) is 0 Å². The fraction of sp³-hybridized carbons (Fsp3) is 0.900. The van der Waals surface area contributed by atoms with E-state index in [1.807, 2.05) is 0 Å². The molecule has 1 atom stereocenters. The molecule has 84 valence electrons. The second kappa shape index (κ2) is 8.97. The maximum atomic E-state index is 10.6. The molecule has 0 aromatic carbocycles. The average Bonchev–Trinajstić information content (AvgIpc) is 2.12. The van der Waals surface area contributed by atoms with Gasteiger partial charge in [0.05, 0.1) is 6.61 Å². The van der Waals surface area contributed by atoms with Gasteiger partial charge in [0.1, 0.15) is 0 Å². The maximum Gasteiger partial charge on any atom is 0.216 e. The Kier molecular flexibility index (Phi) is 8.57. The monoisotopic (exact) mass is 202 g/mol. The molecule has 2 N–H and O–H groups in total. The Labute approximate surface area is 86.4 Å². The molecule has 0 aliphatic carbocycles. The van der Waals surface area contributed by atoms with E-state index in [0.717, 1.165) is 26.0 Å². The second-order valence-corrected chi connectivity index (χ2v) is 3.38. The highest BCUT2D eigenvalue weighted by Crippen LogP contribution is 1.95. The van der Waals surface area contributed by atoms with Gasteiger partial charge in [-0.25, -0.2) is 0 Å². The molecule has 0 heterocycles. The molecule has 0 fully saturated rings. The molecule has 0 aliphatic heterocycles. The van der Waals surface area contributed by atoms with Crippen LogP contribution in [0.4, 0.5) is 0 Å². The summed E-state index contributed by atoms with van der Waals surface area (Å²) in [6, 6.07) is 0.402. The lowest BCUT2D eigenvalue weighted by atomic mass is 10.2. The van der Waals surface area contributed by atoms with Gasteiger partial charge in [0.2, 0.25) is 5.91 Å². The number of carbonyl (C=O) groups is 1. The van der Waals surface area contributed by atoms with Gasteiger partial charge >= 0.3 is 0 Å². The van der Waals surface area contributed by atoms with Gasteiger partial charge in [-0.2, -0.15) is 0 Å². The summed E-state index contributed by atoms with van der Waals surface area (Å²) in [6.07, 6.45) is 2.25. The summed E-state index contributed by atoms with van der Waals surface area (Å²) < 4.78 is 5.08. The van der Waals surface area contributed by atoms with Crippen LogP contribution in [-0.4, -0.2) is 38.8 Å². The largest absolute Gasteiger partial charge is 0.383 e. The van der Waals surface area contributed by atoms with Gasteiger partial charge < -0.3 is 15.4 Å². The summed E-state index contributed by atoms with van der Waals surface area (Å²) >= 11 is 0. The molecular weight excluding hydrogens is 180 g/mol. The van der Waals surface area contributed by atoms with E-state index in [1.165, 1.54) is 6.92 Å². The summed E-state index contributed by atoms with van der Waals surface area (Å²) in [4.78, 5) is 10.6. The number of rotatable bonds is 8. The summed E-state index contributed by atoms with van der Waals surface area (Å²) in [5.74, 6) is 0.0191. The van der Waals surface area contributed by atoms with E-state index in [0.29, 0.717) is 12.6 Å². The van der Waals surface area contributed by atoms with Crippen LogP contribution in [0.3, 0.4) is 0 Å². The minimum Gasteiger partial charge on any atom is -0.383 e. The summed E-state index contributed by atoms with van der Waals surface area (Å²) in [5, 5.41) is 6.08. The molecule has 4 heteroatoms. The van der Waals surface area contributed by atoms with Crippen LogP contribution in [0.25, 0.3) is 0 Å². The minimum atomic E-state index is 0.0191. The Bertz CT molecular complexity index is 145. The Balaban J connectivity index is 3.44. The lowest BCUT2D eigenvalue weighted by molar-refractivity contribution is -0.118. The zero-order valence-corrected chi connectivity index (χ0v) is 9.43. The molecule has 0 aromatic heterocycles. The highest BCUT2D eigenvalue weighted by Gasteiger charge is 2.05. The van der Waals surface area contributed by atoms with Crippen molar-refractivity contribution in [1.82, 2.24) is 10.6 Å². The second-order valence-electron chi connectivity index (χ2n) is 3.38. The molecular formula is C10H22N2O2. The van der Waals surface area contributed by atoms with Crippen LogP contribution in [0, 0.1) is 0 Å². The van der Waals surface area contributed by atoms with Crippen LogP contribution in [0.1, 0.15) is 26.7 Å². The molecule has 0 bridgehead atoms. The first-order valence-electron chi connectivity index (χ1n) is 5.17. The molecule has 1 amide bonds. The minimum absolute atomic E-state index is 0.0191. The Morgan fingerprint density at radius 3 is 2.64 bits per heavy atom. The first-order valence-corrected chi connectivity index (χ1v) is 5.17. The van der Waals surface area contributed by atoms with Crippen molar-refractivity contribution in [3.63, 3.8) is 0 Å². The number of hydrogen-bond donors (Lipinski definition) is 2. The van der Waals surface area contributed by atoms with E-state index >= 15 is 0 Å². The number of nitrogens with one attached hydrogen (secondary N) is 2. The van der Waals surface area contributed by atoms with Crippen LogP contribution >= 0.6 is 0 Å². The van der Waals surface area contributed by atoms with Gasteiger partial charge in [-0.3, -0.25) is 4.79 Å². The van der Waals surface area contributed by atoms with E-state index in [-0.39, 0.29) is 5.91 Å². The third-order valence-electron chi connectivity index (χ3n) is 1.94. The Morgan fingerprint density at radius 2 is 2.14 bits per heavy atom. The van der Waals surface area contributed by atoms with Crippen LogP contribution in [-0.2, 0) is 9.53 Å². The zero-order chi connectivity index (χ0) is 10.8.